The Morgan fingerprint density at radius 3 is 2.68 bits per heavy atom. The molecule has 0 aliphatic heterocycles. The second kappa shape index (κ2) is 7.95. The average molecular weight is 330 g/mol. The zero-order chi connectivity index (χ0) is 15.4. The van der Waals surface area contributed by atoms with Crippen LogP contribution in [0.1, 0.15) is 36.0 Å². The van der Waals surface area contributed by atoms with Crippen molar-refractivity contribution >= 4 is 24.0 Å². The van der Waals surface area contributed by atoms with Gasteiger partial charge >= 0.3 is 5.69 Å². The van der Waals surface area contributed by atoms with Gasteiger partial charge in [0, 0.05) is 17.7 Å². The van der Waals surface area contributed by atoms with Crippen LogP contribution in [0, 0.1) is 16.0 Å². The highest BCUT2D eigenvalue weighted by Gasteiger charge is 2.26. The van der Waals surface area contributed by atoms with Crippen LogP contribution in [0.15, 0.2) is 18.2 Å². The second-order valence-electron chi connectivity index (χ2n) is 5.32. The lowest BCUT2D eigenvalue weighted by Gasteiger charge is -2.31. The Bertz CT molecular complexity index is 553. The molecule has 1 aliphatic carbocycles. The Hall–Kier alpha value is -1.86. The Morgan fingerprint density at radius 1 is 1.41 bits per heavy atom. The van der Waals surface area contributed by atoms with E-state index >= 15 is 0 Å². The molecule has 1 aromatic carbocycles. The highest BCUT2D eigenvalue weighted by molar-refractivity contribution is 5.95. The fourth-order valence-corrected chi connectivity index (χ4v) is 2.75. The molecule has 0 aromatic heterocycles. The number of hydrogen-bond acceptors (Lipinski definition) is 5. The number of phenolic OH excluding ortho intramolecular Hbond substituents is 1. The summed E-state index contributed by atoms with van der Waals surface area (Å²) >= 11 is 0. The van der Waals surface area contributed by atoms with Gasteiger partial charge in [0.1, 0.15) is 0 Å². The molecule has 1 amide bonds. The Balaban J connectivity index is 0.00000242. The van der Waals surface area contributed by atoms with Crippen LogP contribution in [0.3, 0.4) is 0 Å². The number of benzene rings is 1. The van der Waals surface area contributed by atoms with E-state index < -0.39 is 16.4 Å². The molecule has 0 heterocycles. The van der Waals surface area contributed by atoms with Gasteiger partial charge in [-0.2, -0.15) is 0 Å². The van der Waals surface area contributed by atoms with E-state index in [0.717, 1.165) is 37.8 Å². The molecule has 1 aromatic rings. The molecule has 22 heavy (non-hydrogen) atoms. The Labute approximate surface area is 134 Å². The molecule has 4 N–H and O–H groups in total. The number of rotatable bonds is 4. The largest absolute Gasteiger partial charge is 0.502 e. The van der Waals surface area contributed by atoms with Gasteiger partial charge in [-0.15, -0.1) is 12.4 Å². The number of phenols is 1. The zero-order valence-corrected chi connectivity index (χ0v) is 12.8. The van der Waals surface area contributed by atoms with E-state index in [1.165, 1.54) is 6.07 Å². The Morgan fingerprint density at radius 2 is 2.09 bits per heavy atom. The smallest absolute Gasteiger partial charge is 0.310 e. The molecule has 0 saturated heterocycles. The SMILES string of the molecule is Cl.NCC1CCCCC1NC(=O)c1ccc([N+](=O)[O-])c(O)c1. The number of hydrogen-bond donors (Lipinski definition) is 3. The highest BCUT2D eigenvalue weighted by Crippen LogP contribution is 2.27. The summed E-state index contributed by atoms with van der Waals surface area (Å²) in [5.41, 5.74) is 5.51. The highest BCUT2D eigenvalue weighted by atomic mass is 35.5. The summed E-state index contributed by atoms with van der Waals surface area (Å²) in [4.78, 5) is 22.1. The van der Waals surface area contributed by atoms with Crippen molar-refractivity contribution in [3.8, 4) is 5.75 Å². The number of nitrogens with two attached hydrogens (primary N) is 1. The number of nitrogens with zero attached hydrogens (tertiary/aromatic N) is 1. The first-order valence-electron chi connectivity index (χ1n) is 7.01. The van der Waals surface area contributed by atoms with E-state index in [0.29, 0.717) is 6.54 Å². The molecule has 122 valence electrons. The van der Waals surface area contributed by atoms with Crippen molar-refractivity contribution in [1.82, 2.24) is 5.32 Å². The minimum Gasteiger partial charge on any atom is -0.502 e. The third kappa shape index (κ3) is 4.08. The maximum Gasteiger partial charge on any atom is 0.310 e. The maximum atomic E-state index is 12.2. The zero-order valence-electron chi connectivity index (χ0n) is 12.0. The summed E-state index contributed by atoms with van der Waals surface area (Å²) in [6.45, 7) is 0.524. The van der Waals surface area contributed by atoms with Gasteiger partial charge in [0.2, 0.25) is 0 Å². The van der Waals surface area contributed by atoms with Crippen LogP contribution in [0.2, 0.25) is 0 Å². The van der Waals surface area contributed by atoms with Crippen molar-refractivity contribution in [2.24, 2.45) is 11.7 Å². The molecule has 2 unspecified atom stereocenters. The number of aromatic hydroxyl groups is 1. The first kappa shape index (κ1) is 18.2. The summed E-state index contributed by atoms with van der Waals surface area (Å²) in [5, 5.41) is 23.1. The van der Waals surface area contributed by atoms with Crippen LogP contribution in [-0.2, 0) is 0 Å². The van der Waals surface area contributed by atoms with Crippen LogP contribution in [0.25, 0.3) is 0 Å². The van der Waals surface area contributed by atoms with E-state index in [4.69, 9.17) is 5.73 Å². The van der Waals surface area contributed by atoms with Gasteiger partial charge in [-0.1, -0.05) is 12.8 Å². The van der Waals surface area contributed by atoms with Gasteiger partial charge in [-0.3, -0.25) is 14.9 Å². The van der Waals surface area contributed by atoms with Crippen molar-refractivity contribution < 1.29 is 14.8 Å². The molecule has 0 radical (unpaired) electrons. The van der Waals surface area contributed by atoms with Crippen LogP contribution in [-0.4, -0.2) is 28.5 Å². The number of carbonyl (C=O) groups is 1. The fraction of sp³-hybridized carbons (Fsp3) is 0.500. The summed E-state index contributed by atoms with van der Waals surface area (Å²) in [6.07, 6.45) is 4.04. The second-order valence-corrected chi connectivity index (χ2v) is 5.32. The van der Waals surface area contributed by atoms with E-state index in [-0.39, 0.29) is 35.8 Å². The lowest BCUT2D eigenvalue weighted by atomic mass is 9.84. The summed E-state index contributed by atoms with van der Waals surface area (Å²) in [6, 6.07) is 3.61. The first-order chi connectivity index (χ1) is 10.0. The van der Waals surface area contributed by atoms with Crippen molar-refractivity contribution in [2.75, 3.05) is 6.54 Å². The number of nitro groups is 1. The van der Waals surface area contributed by atoms with Crippen molar-refractivity contribution in [3.05, 3.63) is 33.9 Å². The molecule has 0 spiro atoms. The molecule has 2 atom stereocenters. The molecular formula is C14H20ClN3O4. The van der Waals surface area contributed by atoms with Crippen molar-refractivity contribution in [2.45, 2.75) is 31.7 Å². The molecule has 1 aliphatic rings. The number of nitro benzene ring substituents is 1. The Kier molecular flexibility index (Phi) is 6.58. The molecule has 8 heteroatoms. The van der Waals surface area contributed by atoms with E-state index in [2.05, 4.69) is 5.32 Å². The lowest BCUT2D eigenvalue weighted by molar-refractivity contribution is -0.385. The lowest BCUT2D eigenvalue weighted by Crippen LogP contribution is -2.44. The fourth-order valence-electron chi connectivity index (χ4n) is 2.75. The van der Waals surface area contributed by atoms with Crippen LogP contribution in [0.4, 0.5) is 5.69 Å². The topological polar surface area (TPSA) is 118 Å². The third-order valence-corrected chi connectivity index (χ3v) is 3.96. The standard InChI is InChI=1S/C14H19N3O4.ClH/c15-8-10-3-1-2-4-11(10)16-14(19)9-5-6-12(17(20)21)13(18)7-9;/h5-7,10-11,18H,1-4,8,15H2,(H,16,19);1H. The summed E-state index contributed by atoms with van der Waals surface area (Å²) in [5.74, 6) is -0.591. The van der Waals surface area contributed by atoms with Crippen LogP contribution < -0.4 is 11.1 Å². The monoisotopic (exact) mass is 329 g/mol. The third-order valence-electron chi connectivity index (χ3n) is 3.96. The van der Waals surface area contributed by atoms with Gasteiger partial charge in [0.15, 0.2) is 5.75 Å². The molecule has 7 nitrogen and oxygen atoms in total. The van der Waals surface area contributed by atoms with Crippen molar-refractivity contribution in [1.29, 1.82) is 0 Å². The normalized spacial score (nSPS) is 20.8. The molecule has 0 bridgehead atoms. The summed E-state index contributed by atoms with van der Waals surface area (Å²) in [7, 11) is 0. The molecular weight excluding hydrogens is 310 g/mol. The number of nitrogens with one attached hydrogen (secondary N) is 1. The maximum absolute atomic E-state index is 12.2. The van der Waals surface area contributed by atoms with Crippen molar-refractivity contribution in [3.63, 3.8) is 0 Å². The molecule has 1 saturated carbocycles. The predicted octanol–water partition coefficient (Wildman–Crippen LogP) is 1.97. The predicted molar refractivity (Wildman–Crippen MR) is 84.3 cm³/mol. The van der Waals surface area contributed by atoms with E-state index in [1.807, 2.05) is 0 Å². The van der Waals surface area contributed by atoms with Crippen LogP contribution in [0.5, 0.6) is 5.75 Å². The quantitative estimate of drug-likeness (QED) is 0.576. The van der Waals surface area contributed by atoms with E-state index in [1.54, 1.807) is 0 Å². The minimum atomic E-state index is -0.692. The minimum absolute atomic E-state index is 0. The van der Waals surface area contributed by atoms with Gasteiger partial charge in [-0.05, 0) is 37.4 Å². The first-order valence-corrected chi connectivity index (χ1v) is 7.01. The van der Waals surface area contributed by atoms with Gasteiger partial charge < -0.3 is 16.2 Å². The van der Waals surface area contributed by atoms with E-state index in [9.17, 15) is 20.0 Å². The summed E-state index contributed by atoms with van der Waals surface area (Å²) < 4.78 is 0. The molecule has 2 rings (SSSR count). The average Bonchev–Trinajstić information content (AvgIpc) is 2.47. The molecule has 1 fully saturated rings. The number of carbonyl (C=O) groups excluding carboxylic acids is 1. The van der Waals surface area contributed by atoms with Gasteiger partial charge in [0.25, 0.3) is 5.91 Å². The number of halogens is 1. The van der Waals surface area contributed by atoms with Crippen LogP contribution >= 0.6 is 12.4 Å². The van der Waals surface area contributed by atoms with Gasteiger partial charge in [0.05, 0.1) is 4.92 Å². The number of amides is 1. The van der Waals surface area contributed by atoms with Gasteiger partial charge in [-0.25, -0.2) is 0 Å².